The number of esters is 1. The molecule has 0 bridgehead atoms. The van der Waals surface area contributed by atoms with Gasteiger partial charge in [0.15, 0.2) is 5.78 Å². The van der Waals surface area contributed by atoms with Crippen LogP contribution in [0.2, 0.25) is 0 Å². The van der Waals surface area contributed by atoms with Crippen molar-refractivity contribution in [1.82, 2.24) is 0 Å². The van der Waals surface area contributed by atoms with Crippen LogP contribution in [0, 0.1) is 11.7 Å². The first-order chi connectivity index (χ1) is 9.56. The number of hydrogen-bond donors (Lipinski definition) is 0. The van der Waals surface area contributed by atoms with Gasteiger partial charge in [-0.15, -0.1) is 0 Å². The molecule has 0 amide bonds. The van der Waals surface area contributed by atoms with Gasteiger partial charge >= 0.3 is 5.97 Å². The summed E-state index contributed by atoms with van der Waals surface area (Å²) in [5.41, 5.74) is 0.293. The van der Waals surface area contributed by atoms with Crippen molar-refractivity contribution in [2.24, 2.45) is 5.92 Å². The standard InChI is InChI=1S/C15H17FO3S/c1-10(7-14(17)19-13-5-6-20-9-13)15(18)11-3-2-4-12(16)8-11/h2-4,8,10,13H,5-7,9H2,1H3/t10-,13+/m1/s1. The summed E-state index contributed by atoms with van der Waals surface area (Å²) in [6.45, 7) is 1.66. The largest absolute Gasteiger partial charge is 0.461 e. The van der Waals surface area contributed by atoms with Crippen LogP contribution in [-0.2, 0) is 9.53 Å². The summed E-state index contributed by atoms with van der Waals surface area (Å²) in [4.78, 5) is 23.8. The average Bonchev–Trinajstić information content (AvgIpc) is 2.90. The molecule has 1 aromatic rings. The monoisotopic (exact) mass is 296 g/mol. The lowest BCUT2D eigenvalue weighted by Gasteiger charge is -2.13. The lowest BCUT2D eigenvalue weighted by molar-refractivity contribution is -0.148. The third kappa shape index (κ3) is 4.07. The summed E-state index contributed by atoms with van der Waals surface area (Å²) in [6, 6.07) is 5.52. The van der Waals surface area contributed by atoms with E-state index in [0.29, 0.717) is 5.56 Å². The summed E-state index contributed by atoms with van der Waals surface area (Å²) in [7, 11) is 0. The van der Waals surface area contributed by atoms with E-state index in [-0.39, 0.29) is 24.3 Å². The molecule has 108 valence electrons. The molecule has 1 fully saturated rings. The van der Waals surface area contributed by atoms with Crippen molar-refractivity contribution in [3.63, 3.8) is 0 Å². The topological polar surface area (TPSA) is 43.4 Å². The van der Waals surface area contributed by atoms with Gasteiger partial charge in [0, 0.05) is 17.2 Å². The molecule has 0 unspecified atom stereocenters. The predicted octanol–water partition coefficient (Wildman–Crippen LogP) is 3.08. The SMILES string of the molecule is C[C@H](CC(=O)O[C@H]1CCSC1)C(=O)c1cccc(F)c1. The van der Waals surface area contributed by atoms with Crippen molar-refractivity contribution in [3.05, 3.63) is 35.6 Å². The maximum atomic E-state index is 13.1. The number of ketones is 1. The van der Waals surface area contributed by atoms with E-state index in [1.165, 1.54) is 18.2 Å². The highest BCUT2D eigenvalue weighted by Crippen LogP contribution is 2.21. The smallest absolute Gasteiger partial charge is 0.306 e. The van der Waals surface area contributed by atoms with Gasteiger partial charge in [-0.05, 0) is 24.3 Å². The van der Waals surface area contributed by atoms with Gasteiger partial charge in [0.1, 0.15) is 11.9 Å². The van der Waals surface area contributed by atoms with Crippen LogP contribution in [0.3, 0.4) is 0 Å². The van der Waals surface area contributed by atoms with Crippen molar-refractivity contribution in [2.75, 3.05) is 11.5 Å². The molecule has 2 rings (SSSR count). The Labute approximate surface area is 121 Å². The van der Waals surface area contributed by atoms with Crippen LogP contribution in [0.25, 0.3) is 0 Å². The number of carbonyl (C=O) groups excluding carboxylic acids is 2. The van der Waals surface area contributed by atoms with Crippen LogP contribution in [0.4, 0.5) is 4.39 Å². The Kier molecular flexibility index (Phi) is 5.17. The zero-order valence-electron chi connectivity index (χ0n) is 11.3. The Morgan fingerprint density at radius 3 is 2.95 bits per heavy atom. The van der Waals surface area contributed by atoms with Gasteiger partial charge < -0.3 is 4.74 Å². The number of hydrogen-bond acceptors (Lipinski definition) is 4. The molecule has 1 saturated heterocycles. The molecule has 2 atom stereocenters. The van der Waals surface area contributed by atoms with Gasteiger partial charge in [-0.25, -0.2) is 4.39 Å². The average molecular weight is 296 g/mol. The third-order valence-electron chi connectivity index (χ3n) is 3.22. The zero-order valence-corrected chi connectivity index (χ0v) is 12.1. The van der Waals surface area contributed by atoms with Crippen molar-refractivity contribution < 1.29 is 18.7 Å². The highest BCUT2D eigenvalue weighted by Gasteiger charge is 2.24. The third-order valence-corrected chi connectivity index (χ3v) is 4.35. The van der Waals surface area contributed by atoms with E-state index >= 15 is 0 Å². The molecule has 1 heterocycles. The van der Waals surface area contributed by atoms with Gasteiger partial charge in [-0.1, -0.05) is 19.1 Å². The molecule has 0 aromatic heterocycles. The highest BCUT2D eigenvalue weighted by molar-refractivity contribution is 7.99. The number of ether oxygens (including phenoxy) is 1. The quantitative estimate of drug-likeness (QED) is 0.618. The van der Waals surface area contributed by atoms with Crippen molar-refractivity contribution in [1.29, 1.82) is 0 Å². The molecule has 0 saturated carbocycles. The Balaban J connectivity index is 1.88. The fraction of sp³-hybridized carbons (Fsp3) is 0.467. The minimum atomic E-state index is -0.502. The molecular formula is C15H17FO3S. The van der Waals surface area contributed by atoms with Crippen LogP contribution in [0.15, 0.2) is 24.3 Å². The Morgan fingerprint density at radius 1 is 1.50 bits per heavy atom. The number of benzene rings is 1. The molecule has 0 spiro atoms. The summed E-state index contributed by atoms with van der Waals surface area (Å²) in [5, 5.41) is 0. The van der Waals surface area contributed by atoms with Crippen molar-refractivity contribution in [3.8, 4) is 0 Å². The van der Waals surface area contributed by atoms with Gasteiger partial charge in [0.25, 0.3) is 0 Å². The molecule has 5 heteroatoms. The van der Waals surface area contributed by atoms with Crippen LogP contribution in [0.5, 0.6) is 0 Å². The summed E-state index contributed by atoms with van der Waals surface area (Å²) < 4.78 is 18.4. The molecule has 0 aliphatic carbocycles. The maximum Gasteiger partial charge on any atom is 0.306 e. The highest BCUT2D eigenvalue weighted by atomic mass is 32.2. The van der Waals surface area contributed by atoms with E-state index in [0.717, 1.165) is 17.9 Å². The Morgan fingerprint density at radius 2 is 2.30 bits per heavy atom. The Hall–Kier alpha value is -1.36. The summed E-state index contributed by atoms with van der Waals surface area (Å²) in [5.74, 6) is 0.303. The van der Waals surface area contributed by atoms with E-state index in [2.05, 4.69) is 0 Å². The number of halogens is 1. The van der Waals surface area contributed by atoms with Gasteiger partial charge in [0.2, 0.25) is 0 Å². The lowest BCUT2D eigenvalue weighted by Crippen LogP contribution is -2.22. The minimum absolute atomic E-state index is 0.0241. The molecule has 1 aromatic carbocycles. The first-order valence-corrected chi connectivity index (χ1v) is 7.78. The Bertz CT molecular complexity index is 498. The molecule has 0 radical (unpaired) electrons. The van der Waals surface area contributed by atoms with Crippen LogP contribution in [-0.4, -0.2) is 29.4 Å². The summed E-state index contributed by atoms with van der Waals surface area (Å²) in [6.07, 6.45) is 0.892. The van der Waals surface area contributed by atoms with Gasteiger partial charge in [-0.3, -0.25) is 9.59 Å². The van der Waals surface area contributed by atoms with Crippen LogP contribution < -0.4 is 0 Å². The van der Waals surface area contributed by atoms with E-state index in [1.807, 2.05) is 0 Å². The second kappa shape index (κ2) is 6.88. The fourth-order valence-electron chi connectivity index (χ4n) is 2.11. The van der Waals surface area contributed by atoms with E-state index < -0.39 is 11.7 Å². The minimum Gasteiger partial charge on any atom is -0.461 e. The lowest BCUT2D eigenvalue weighted by atomic mass is 9.96. The molecule has 3 nitrogen and oxygen atoms in total. The number of rotatable bonds is 5. The van der Waals surface area contributed by atoms with Gasteiger partial charge in [0.05, 0.1) is 6.42 Å². The normalized spacial score (nSPS) is 19.6. The molecule has 1 aliphatic rings. The maximum absolute atomic E-state index is 13.1. The molecule has 0 N–H and O–H groups in total. The predicted molar refractivity (Wildman–Crippen MR) is 76.3 cm³/mol. The second-order valence-electron chi connectivity index (χ2n) is 4.96. The number of Topliss-reactive ketones (excluding diaryl/α,β-unsaturated/α-hetero) is 1. The van der Waals surface area contributed by atoms with E-state index in [9.17, 15) is 14.0 Å². The van der Waals surface area contributed by atoms with E-state index in [1.54, 1.807) is 24.8 Å². The molecular weight excluding hydrogens is 279 g/mol. The van der Waals surface area contributed by atoms with E-state index in [4.69, 9.17) is 4.74 Å². The molecule has 1 aliphatic heterocycles. The molecule has 20 heavy (non-hydrogen) atoms. The number of carbonyl (C=O) groups is 2. The van der Waals surface area contributed by atoms with Gasteiger partial charge in [-0.2, -0.15) is 11.8 Å². The van der Waals surface area contributed by atoms with Crippen LogP contribution in [0.1, 0.15) is 30.1 Å². The fourth-order valence-corrected chi connectivity index (χ4v) is 3.20. The first-order valence-electron chi connectivity index (χ1n) is 6.63. The van der Waals surface area contributed by atoms with Crippen molar-refractivity contribution in [2.45, 2.75) is 25.9 Å². The van der Waals surface area contributed by atoms with Crippen LogP contribution >= 0.6 is 11.8 Å². The van der Waals surface area contributed by atoms with Crippen molar-refractivity contribution >= 4 is 23.5 Å². The first kappa shape index (κ1) is 15.0. The zero-order chi connectivity index (χ0) is 14.5. The summed E-state index contributed by atoms with van der Waals surface area (Å²) >= 11 is 1.76. The number of thioether (sulfide) groups is 1. The second-order valence-corrected chi connectivity index (χ2v) is 6.11.